The van der Waals surface area contributed by atoms with E-state index in [9.17, 15) is 4.39 Å². The summed E-state index contributed by atoms with van der Waals surface area (Å²) in [4.78, 5) is 16.1. The zero-order chi connectivity index (χ0) is 22.2. The van der Waals surface area contributed by atoms with E-state index in [-0.39, 0.29) is 11.4 Å². The summed E-state index contributed by atoms with van der Waals surface area (Å²) in [5.41, 5.74) is 4.99. The van der Waals surface area contributed by atoms with Crippen LogP contribution in [0.4, 0.5) is 10.3 Å². The number of pyridine rings is 1. The second-order valence-corrected chi connectivity index (χ2v) is 8.96. The van der Waals surface area contributed by atoms with Gasteiger partial charge in [0.2, 0.25) is 5.95 Å². The minimum atomic E-state index is -0.277. The molecule has 0 atom stereocenters. The van der Waals surface area contributed by atoms with Crippen molar-refractivity contribution in [3.63, 3.8) is 0 Å². The third-order valence-electron chi connectivity index (χ3n) is 4.69. The number of benzene rings is 1. The molecule has 0 radical (unpaired) electrons. The molecule has 0 fully saturated rings. The first-order chi connectivity index (χ1) is 14.7. The molecule has 160 valence electrons. The molecular formula is C24H27FN6. The Balaban J connectivity index is 1.90. The van der Waals surface area contributed by atoms with Gasteiger partial charge in [0, 0.05) is 30.0 Å². The Morgan fingerprint density at radius 3 is 2.45 bits per heavy atom. The van der Waals surface area contributed by atoms with Crippen LogP contribution in [-0.4, -0.2) is 43.9 Å². The lowest BCUT2D eigenvalue weighted by atomic mass is 10.1. The van der Waals surface area contributed by atoms with E-state index in [1.54, 1.807) is 18.3 Å². The molecule has 31 heavy (non-hydrogen) atoms. The predicted molar refractivity (Wildman–Crippen MR) is 122 cm³/mol. The Hall–Kier alpha value is -3.32. The molecular weight excluding hydrogens is 391 g/mol. The lowest BCUT2D eigenvalue weighted by Gasteiger charge is -2.20. The number of anilines is 1. The Labute approximate surface area is 181 Å². The molecule has 0 saturated carbocycles. The maximum absolute atomic E-state index is 13.6. The number of fused-ring (bicyclic) bond motifs is 1. The molecule has 6 nitrogen and oxygen atoms in total. The van der Waals surface area contributed by atoms with Gasteiger partial charge in [0.15, 0.2) is 0 Å². The van der Waals surface area contributed by atoms with Crippen LogP contribution in [0.15, 0.2) is 54.9 Å². The highest BCUT2D eigenvalue weighted by atomic mass is 19.1. The molecule has 0 aliphatic carbocycles. The van der Waals surface area contributed by atoms with Crippen LogP contribution in [0.2, 0.25) is 0 Å². The average molecular weight is 419 g/mol. The normalized spacial score (nSPS) is 12.0. The number of nitrogens with one attached hydrogen (secondary N) is 1. The van der Waals surface area contributed by atoms with Crippen molar-refractivity contribution in [2.24, 2.45) is 0 Å². The number of aromatic nitrogens is 4. The summed E-state index contributed by atoms with van der Waals surface area (Å²) < 4.78 is 15.6. The van der Waals surface area contributed by atoms with Gasteiger partial charge < -0.3 is 10.2 Å². The molecule has 7 heteroatoms. The SMILES string of the molecule is CN(C)Cc1ccn2c(-c3ccnc(NC(C)(C)C)n3)c(-c3ccc(F)cc3)nc2c1. The molecule has 0 aliphatic heterocycles. The summed E-state index contributed by atoms with van der Waals surface area (Å²) >= 11 is 0. The van der Waals surface area contributed by atoms with E-state index >= 15 is 0 Å². The van der Waals surface area contributed by atoms with E-state index in [4.69, 9.17) is 9.97 Å². The van der Waals surface area contributed by atoms with Crippen LogP contribution in [0, 0.1) is 5.82 Å². The Bertz CT molecular complexity index is 1210. The number of rotatable bonds is 5. The summed E-state index contributed by atoms with van der Waals surface area (Å²) in [6, 6.07) is 12.4. The molecule has 0 unspecified atom stereocenters. The maximum atomic E-state index is 13.6. The second-order valence-electron chi connectivity index (χ2n) is 8.96. The summed E-state index contributed by atoms with van der Waals surface area (Å²) in [5, 5.41) is 3.32. The van der Waals surface area contributed by atoms with Crippen molar-refractivity contribution >= 4 is 11.6 Å². The van der Waals surface area contributed by atoms with Crippen LogP contribution >= 0.6 is 0 Å². The number of halogens is 1. The molecule has 1 aromatic carbocycles. The molecule has 0 amide bonds. The maximum Gasteiger partial charge on any atom is 0.223 e. The Morgan fingerprint density at radius 1 is 1.03 bits per heavy atom. The average Bonchev–Trinajstić information content (AvgIpc) is 3.05. The van der Waals surface area contributed by atoms with E-state index in [2.05, 4.69) is 48.1 Å². The fourth-order valence-corrected chi connectivity index (χ4v) is 3.49. The van der Waals surface area contributed by atoms with Gasteiger partial charge in [0.1, 0.15) is 11.5 Å². The van der Waals surface area contributed by atoms with Crippen LogP contribution in [0.1, 0.15) is 26.3 Å². The van der Waals surface area contributed by atoms with Crippen molar-refractivity contribution in [3.05, 3.63) is 66.2 Å². The van der Waals surface area contributed by atoms with Gasteiger partial charge in [-0.05, 0) is 82.9 Å². The van der Waals surface area contributed by atoms with Gasteiger partial charge >= 0.3 is 0 Å². The molecule has 4 aromatic rings. The minimum absolute atomic E-state index is 0.168. The quantitative estimate of drug-likeness (QED) is 0.501. The van der Waals surface area contributed by atoms with Crippen molar-refractivity contribution in [1.82, 2.24) is 24.3 Å². The van der Waals surface area contributed by atoms with Crippen molar-refractivity contribution in [2.75, 3.05) is 19.4 Å². The molecule has 0 saturated heterocycles. The van der Waals surface area contributed by atoms with Crippen LogP contribution in [0.3, 0.4) is 0 Å². The first-order valence-corrected chi connectivity index (χ1v) is 10.2. The monoisotopic (exact) mass is 418 g/mol. The van der Waals surface area contributed by atoms with E-state index < -0.39 is 0 Å². The first-order valence-electron chi connectivity index (χ1n) is 10.2. The molecule has 3 aromatic heterocycles. The minimum Gasteiger partial charge on any atom is -0.350 e. The third-order valence-corrected chi connectivity index (χ3v) is 4.69. The third kappa shape index (κ3) is 4.72. The van der Waals surface area contributed by atoms with Crippen molar-refractivity contribution in [2.45, 2.75) is 32.9 Å². The van der Waals surface area contributed by atoms with Crippen molar-refractivity contribution in [1.29, 1.82) is 0 Å². The highest BCUT2D eigenvalue weighted by Crippen LogP contribution is 2.32. The van der Waals surface area contributed by atoms with E-state index in [0.717, 1.165) is 40.4 Å². The largest absolute Gasteiger partial charge is 0.350 e. The molecule has 0 spiro atoms. The number of nitrogens with zero attached hydrogens (tertiary/aromatic N) is 5. The van der Waals surface area contributed by atoms with Gasteiger partial charge in [-0.15, -0.1) is 0 Å². The summed E-state index contributed by atoms with van der Waals surface area (Å²) in [6.45, 7) is 7.01. The zero-order valence-electron chi connectivity index (χ0n) is 18.5. The van der Waals surface area contributed by atoms with Crippen LogP contribution in [-0.2, 0) is 6.54 Å². The van der Waals surface area contributed by atoms with Gasteiger partial charge in [-0.2, -0.15) is 0 Å². The fourth-order valence-electron chi connectivity index (χ4n) is 3.49. The topological polar surface area (TPSA) is 58.4 Å². The molecule has 0 bridgehead atoms. The van der Waals surface area contributed by atoms with Gasteiger partial charge in [-0.3, -0.25) is 4.40 Å². The number of imidazole rings is 1. The molecule has 0 aliphatic rings. The summed E-state index contributed by atoms with van der Waals surface area (Å²) in [7, 11) is 4.07. The Morgan fingerprint density at radius 2 is 1.77 bits per heavy atom. The van der Waals surface area contributed by atoms with E-state index in [1.165, 1.54) is 12.1 Å². The molecule has 3 heterocycles. The molecule has 1 N–H and O–H groups in total. The predicted octanol–water partition coefficient (Wildman–Crippen LogP) is 4.87. The first kappa shape index (κ1) is 20.9. The zero-order valence-corrected chi connectivity index (χ0v) is 18.5. The molecule has 4 rings (SSSR count). The van der Waals surface area contributed by atoms with Crippen LogP contribution in [0.25, 0.3) is 28.3 Å². The van der Waals surface area contributed by atoms with Gasteiger partial charge in [-0.25, -0.2) is 19.3 Å². The highest BCUT2D eigenvalue weighted by molar-refractivity contribution is 5.80. The second kappa shape index (κ2) is 8.07. The lowest BCUT2D eigenvalue weighted by Crippen LogP contribution is -2.27. The highest BCUT2D eigenvalue weighted by Gasteiger charge is 2.19. The number of hydrogen-bond acceptors (Lipinski definition) is 5. The van der Waals surface area contributed by atoms with Crippen molar-refractivity contribution in [3.8, 4) is 22.6 Å². The van der Waals surface area contributed by atoms with Crippen molar-refractivity contribution < 1.29 is 4.39 Å². The Kier molecular flexibility index (Phi) is 5.45. The summed E-state index contributed by atoms with van der Waals surface area (Å²) in [5.74, 6) is 0.273. The fraction of sp³-hybridized carbons (Fsp3) is 0.292. The van der Waals surface area contributed by atoms with Gasteiger partial charge in [-0.1, -0.05) is 0 Å². The standard InChI is InChI=1S/C24H27FN6/c1-24(2,3)29-23-26-12-10-19(27-23)22-21(17-6-8-18(25)9-7-17)28-20-14-16(15-30(4)5)11-13-31(20)22/h6-14H,15H2,1-5H3,(H,26,27,29). The van der Waals surface area contributed by atoms with E-state index in [0.29, 0.717) is 5.95 Å². The van der Waals surface area contributed by atoms with Gasteiger partial charge in [0.05, 0.1) is 17.1 Å². The van der Waals surface area contributed by atoms with Gasteiger partial charge in [0.25, 0.3) is 0 Å². The smallest absolute Gasteiger partial charge is 0.223 e. The number of hydrogen-bond donors (Lipinski definition) is 1. The lowest BCUT2D eigenvalue weighted by molar-refractivity contribution is 0.402. The van der Waals surface area contributed by atoms with E-state index in [1.807, 2.05) is 30.8 Å². The van der Waals surface area contributed by atoms with Crippen LogP contribution < -0.4 is 5.32 Å². The summed E-state index contributed by atoms with van der Waals surface area (Å²) in [6.07, 6.45) is 3.76. The van der Waals surface area contributed by atoms with Crippen LogP contribution in [0.5, 0.6) is 0 Å².